The predicted octanol–water partition coefficient (Wildman–Crippen LogP) is 3.60. The molecule has 1 N–H and O–H groups in total. The molecule has 2 heteroatoms. The zero-order valence-corrected chi connectivity index (χ0v) is 12.4. The molecule has 1 aromatic heterocycles. The van der Waals surface area contributed by atoms with Gasteiger partial charge in [0.15, 0.2) is 0 Å². The van der Waals surface area contributed by atoms with E-state index in [2.05, 4.69) is 53.2 Å². The maximum Gasteiger partial charge on any atom is 0.0483 e. The van der Waals surface area contributed by atoms with Crippen LogP contribution in [0.5, 0.6) is 0 Å². The van der Waals surface area contributed by atoms with Crippen LogP contribution < -0.4 is 5.32 Å². The Hall–Kier alpha value is -1.72. The van der Waals surface area contributed by atoms with E-state index in [1.54, 1.807) is 0 Å². The van der Waals surface area contributed by atoms with Crippen molar-refractivity contribution in [1.29, 1.82) is 0 Å². The SMILES string of the molecule is C#CCCCn1cc(CCNCCC)c2ccccc21. The molecule has 0 fully saturated rings. The number of nitrogens with zero attached hydrogens (tertiary/aromatic N) is 1. The van der Waals surface area contributed by atoms with Gasteiger partial charge in [0.25, 0.3) is 0 Å². The molecule has 0 aliphatic carbocycles. The van der Waals surface area contributed by atoms with Crippen LogP contribution >= 0.6 is 0 Å². The first-order chi connectivity index (χ1) is 9.86. The minimum atomic E-state index is 0.847. The van der Waals surface area contributed by atoms with Crippen LogP contribution in [0.4, 0.5) is 0 Å². The van der Waals surface area contributed by atoms with E-state index in [0.29, 0.717) is 0 Å². The Bertz CT molecular complexity index is 575. The smallest absolute Gasteiger partial charge is 0.0483 e. The second-order valence-electron chi connectivity index (χ2n) is 5.17. The molecule has 0 bridgehead atoms. The summed E-state index contributed by atoms with van der Waals surface area (Å²) in [5.41, 5.74) is 2.76. The molecule has 0 saturated heterocycles. The Balaban J connectivity index is 2.11. The van der Waals surface area contributed by atoms with E-state index >= 15 is 0 Å². The van der Waals surface area contributed by atoms with Gasteiger partial charge in [-0.05, 0) is 44.0 Å². The van der Waals surface area contributed by atoms with Gasteiger partial charge in [-0.15, -0.1) is 12.3 Å². The monoisotopic (exact) mass is 268 g/mol. The quantitative estimate of drug-likeness (QED) is 0.572. The summed E-state index contributed by atoms with van der Waals surface area (Å²) in [5.74, 6) is 2.72. The first kappa shape index (κ1) is 14.7. The molecule has 106 valence electrons. The van der Waals surface area contributed by atoms with E-state index in [1.165, 1.54) is 22.9 Å². The predicted molar refractivity (Wildman–Crippen MR) is 86.9 cm³/mol. The molecular weight excluding hydrogens is 244 g/mol. The molecule has 0 unspecified atom stereocenters. The van der Waals surface area contributed by atoms with E-state index in [9.17, 15) is 0 Å². The Morgan fingerprint density at radius 2 is 2.10 bits per heavy atom. The van der Waals surface area contributed by atoms with Crippen molar-refractivity contribution in [3.63, 3.8) is 0 Å². The fourth-order valence-corrected chi connectivity index (χ4v) is 2.58. The number of aryl methyl sites for hydroxylation is 1. The van der Waals surface area contributed by atoms with Gasteiger partial charge in [0.05, 0.1) is 0 Å². The van der Waals surface area contributed by atoms with Crippen molar-refractivity contribution >= 4 is 10.9 Å². The number of hydrogen-bond acceptors (Lipinski definition) is 1. The van der Waals surface area contributed by atoms with Crippen LogP contribution in [0, 0.1) is 12.3 Å². The number of terminal acetylenes is 1. The zero-order valence-electron chi connectivity index (χ0n) is 12.4. The number of benzene rings is 1. The van der Waals surface area contributed by atoms with Gasteiger partial charge in [0.1, 0.15) is 0 Å². The maximum absolute atomic E-state index is 5.34. The molecule has 1 aromatic carbocycles. The molecule has 2 aromatic rings. The van der Waals surface area contributed by atoms with E-state index in [4.69, 9.17) is 6.42 Å². The van der Waals surface area contributed by atoms with Crippen LogP contribution in [0.2, 0.25) is 0 Å². The molecule has 0 aliphatic heterocycles. The van der Waals surface area contributed by atoms with Gasteiger partial charge in [0, 0.05) is 30.1 Å². The fraction of sp³-hybridized carbons (Fsp3) is 0.444. The summed E-state index contributed by atoms with van der Waals surface area (Å²) in [6.45, 7) is 5.35. The molecule has 1 heterocycles. The van der Waals surface area contributed by atoms with Gasteiger partial charge in [-0.25, -0.2) is 0 Å². The highest BCUT2D eigenvalue weighted by atomic mass is 15.0. The van der Waals surface area contributed by atoms with Gasteiger partial charge in [-0.2, -0.15) is 0 Å². The Morgan fingerprint density at radius 1 is 1.25 bits per heavy atom. The lowest BCUT2D eigenvalue weighted by Crippen LogP contribution is -2.17. The normalized spacial score (nSPS) is 10.8. The third kappa shape index (κ3) is 3.65. The lowest BCUT2D eigenvalue weighted by molar-refractivity contribution is 0.660. The number of aromatic nitrogens is 1. The Kier molecular flexibility index (Phi) is 5.70. The highest BCUT2D eigenvalue weighted by molar-refractivity contribution is 5.84. The molecule has 0 saturated carbocycles. The Morgan fingerprint density at radius 3 is 2.90 bits per heavy atom. The minimum Gasteiger partial charge on any atom is -0.347 e. The van der Waals surface area contributed by atoms with Crippen molar-refractivity contribution in [3.05, 3.63) is 36.0 Å². The molecule has 2 nitrogen and oxygen atoms in total. The first-order valence-corrected chi connectivity index (χ1v) is 7.57. The summed E-state index contributed by atoms with van der Waals surface area (Å²) in [6.07, 6.45) is 11.8. The molecule has 0 aliphatic rings. The van der Waals surface area contributed by atoms with Crippen molar-refractivity contribution < 1.29 is 0 Å². The van der Waals surface area contributed by atoms with Crippen LogP contribution in [-0.4, -0.2) is 17.7 Å². The summed E-state index contributed by atoms with van der Waals surface area (Å²) in [4.78, 5) is 0. The first-order valence-electron chi connectivity index (χ1n) is 7.57. The highest BCUT2D eigenvalue weighted by Crippen LogP contribution is 2.22. The summed E-state index contributed by atoms with van der Waals surface area (Å²) >= 11 is 0. The third-order valence-electron chi connectivity index (χ3n) is 3.59. The number of fused-ring (bicyclic) bond motifs is 1. The second-order valence-corrected chi connectivity index (χ2v) is 5.17. The van der Waals surface area contributed by atoms with Crippen LogP contribution in [0.15, 0.2) is 30.5 Å². The lowest BCUT2D eigenvalue weighted by atomic mass is 10.1. The highest BCUT2D eigenvalue weighted by Gasteiger charge is 2.07. The van der Waals surface area contributed by atoms with E-state index in [-0.39, 0.29) is 0 Å². The van der Waals surface area contributed by atoms with Crippen molar-refractivity contribution in [2.75, 3.05) is 13.1 Å². The Labute approximate surface area is 122 Å². The number of hydrogen-bond donors (Lipinski definition) is 1. The summed E-state index contributed by atoms with van der Waals surface area (Å²) in [5, 5.41) is 4.86. The van der Waals surface area contributed by atoms with Crippen LogP contribution in [-0.2, 0) is 13.0 Å². The largest absolute Gasteiger partial charge is 0.347 e. The molecule has 0 spiro atoms. The van der Waals surface area contributed by atoms with Gasteiger partial charge < -0.3 is 9.88 Å². The van der Waals surface area contributed by atoms with Gasteiger partial charge in [-0.1, -0.05) is 25.1 Å². The third-order valence-corrected chi connectivity index (χ3v) is 3.59. The number of rotatable bonds is 8. The number of nitrogens with one attached hydrogen (secondary N) is 1. The second kappa shape index (κ2) is 7.77. The molecule has 20 heavy (non-hydrogen) atoms. The summed E-state index contributed by atoms with van der Waals surface area (Å²) in [6, 6.07) is 8.66. The van der Waals surface area contributed by atoms with E-state index in [1.807, 2.05) is 0 Å². The summed E-state index contributed by atoms with van der Waals surface area (Å²) < 4.78 is 2.35. The standard InChI is InChI=1S/C18H24N2/c1-3-5-8-14-20-15-16(11-13-19-12-4-2)17-9-6-7-10-18(17)20/h1,6-7,9-10,15,19H,4-5,8,11-14H2,2H3. The van der Waals surface area contributed by atoms with Gasteiger partial charge >= 0.3 is 0 Å². The molecule has 0 radical (unpaired) electrons. The topological polar surface area (TPSA) is 17.0 Å². The van der Waals surface area contributed by atoms with Crippen molar-refractivity contribution in [2.24, 2.45) is 0 Å². The lowest BCUT2D eigenvalue weighted by Gasteiger charge is -2.02. The van der Waals surface area contributed by atoms with Gasteiger partial charge in [0.2, 0.25) is 0 Å². The number of para-hydroxylation sites is 1. The molecule has 0 atom stereocenters. The minimum absolute atomic E-state index is 0.847. The summed E-state index contributed by atoms with van der Waals surface area (Å²) in [7, 11) is 0. The van der Waals surface area contributed by atoms with Crippen molar-refractivity contribution in [2.45, 2.75) is 39.2 Å². The van der Waals surface area contributed by atoms with Crippen LogP contribution in [0.1, 0.15) is 31.7 Å². The zero-order chi connectivity index (χ0) is 14.2. The number of unbranched alkanes of at least 4 members (excludes halogenated alkanes) is 1. The van der Waals surface area contributed by atoms with Crippen LogP contribution in [0.25, 0.3) is 10.9 Å². The average Bonchev–Trinajstić information content (AvgIpc) is 2.83. The molecule has 2 rings (SSSR count). The fourth-order valence-electron chi connectivity index (χ4n) is 2.58. The van der Waals surface area contributed by atoms with Gasteiger partial charge in [-0.3, -0.25) is 0 Å². The maximum atomic E-state index is 5.34. The molecule has 0 amide bonds. The van der Waals surface area contributed by atoms with E-state index < -0.39 is 0 Å². The van der Waals surface area contributed by atoms with Crippen LogP contribution in [0.3, 0.4) is 0 Å². The molecular formula is C18H24N2. The van der Waals surface area contributed by atoms with E-state index in [0.717, 1.165) is 38.9 Å². The average molecular weight is 268 g/mol. The van der Waals surface area contributed by atoms with Crippen molar-refractivity contribution in [1.82, 2.24) is 9.88 Å². The van der Waals surface area contributed by atoms with Crippen molar-refractivity contribution in [3.8, 4) is 12.3 Å².